The lowest BCUT2D eigenvalue weighted by Crippen LogP contribution is -2.25. The van der Waals surface area contributed by atoms with Crippen LogP contribution in [-0.4, -0.2) is 15.6 Å². The maximum atomic E-state index is 8.62. The summed E-state index contributed by atoms with van der Waals surface area (Å²) in [6.45, 7) is 3.88. The fraction of sp³-hybridized carbons (Fsp3) is 1.00. The Morgan fingerprint density at radius 3 is 2.11 bits per heavy atom. The summed E-state index contributed by atoms with van der Waals surface area (Å²) in [5.74, 6) is -0.240. The number of hydrogen-bond acceptors (Lipinski definition) is 3. The average Bonchev–Trinajstić information content (AvgIpc) is 1.84. The summed E-state index contributed by atoms with van der Waals surface area (Å²) in [4.78, 5) is 17.2. The average molecular weight is 151 g/mol. The summed E-state index contributed by atoms with van der Waals surface area (Å²) in [5.41, 5.74) is 5.40. The van der Waals surface area contributed by atoms with Crippen LogP contribution in [0.4, 0.5) is 0 Å². The van der Waals surface area contributed by atoms with E-state index in [9.17, 15) is 0 Å². The predicted molar refractivity (Wildman–Crippen MR) is 38.8 cm³/mol. The molecule has 0 aliphatic heterocycles. The van der Waals surface area contributed by atoms with Gasteiger partial charge in [-0.25, -0.2) is 0 Å². The Balaban J connectivity index is 3.58. The fourth-order valence-corrected chi connectivity index (χ4v) is 1.14. The van der Waals surface area contributed by atoms with Gasteiger partial charge >= 0.3 is 0 Å². The number of hydrogen-bond donors (Lipinski definition) is 3. The second kappa shape index (κ2) is 4.18. The lowest BCUT2D eigenvalue weighted by atomic mass is 10.1. The van der Waals surface area contributed by atoms with E-state index >= 15 is 0 Å². The van der Waals surface area contributed by atoms with Crippen LogP contribution in [0.2, 0.25) is 0 Å². The minimum atomic E-state index is -1.93. The molecule has 0 fully saturated rings. The second-order valence-corrected chi connectivity index (χ2v) is 3.43. The van der Waals surface area contributed by atoms with Crippen LogP contribution < -0.4 is 5.73 Å². The first-order chi connectivity index (χ1) is 4.09. The zero-order valence-electron chi connectivity index (χ0n) is 5.78. The first-order valence-corrected chi connectivity index (χ1v) is 4.33. The molecular formula is C5H14NO2P. The van der Waals surface area contributed by atoms with E-state index in [0.717, 1.165) is 6.42 Å². The van der Waals surface area contributed by atoms with Gasteiger partial charge in [-0.05, 0) is 5.92 Å². The summed E-state index contributed by atoms with van der Waals surface area (Å²) in [6.07, 6.45) is 0.890. The highest BCUT2D eigenvalue weighted by Crippen LogP contribution is 2.32. The summed E-state index contributed by atoms with van der Waals surface area (Å²) in [6, 6.07) is 0. The summed E-state index contributed by atoms with van der Waals surface area (Å²) >= 11 is 0. The van der Waals surface area contributed by atoms with Gasteiger partial charge in [0.15, 0.2) is 8.38 Å². The number of nitrogens with two attached hydrogens (primary N) is 1. The van der Waals surface area contributed by atoms with Crippen LogP contribution in [0.1, 0.15) is 20.3 Å². The maximum absolute atomic E-state index is 8.62. The lowest BCUT2D eigenvalue weighted by molar-refractivity contribution is 0.424. The van der Waals surface area contributed by atoms with Gasteiger partial charge < -0.3 is 15.5 Å². The van der Waals surface area contributed by atoms with Gasteiger partial charge in [0, 0.05) is 0 Å². The van der Waals surface area contributed by atoms with E-state index in [0.29, 0.717) is 0 Å². The van der Waals surface area contributed by atoms with Crippen molar-refractivity contribution in [3.05, 3.63) is 0 Å². The lowest BCUT2D eigenvalue weighted by Gasteiger charge is -2.18. The third kappa shape index (κ3) is 3.11. The molecule has 2 atom stereocenters. The molecule has 0 spiro atoms. The van der Waals surface area contributed by atoms with Gasteiger partial charge in [0.2, 0.25) is 0 Å². The Kier molecular flexibility index (Phi) is 4.32. The molecule has 56 valence electrons. The number of rotatable bonds is 3. The second-order valence-electron chi connectivity index (χ2n) is 2.20. The molecule has 0 bridgehead atoms. The zero-order chi connectivity index (χ0) is 7.44. The van der Waals surface area contributed by atoms with Gasteiger partial charge in [-0.3, -0.25) is 0 Å². The Morgan fingerprint density at radius 2 is 2.00 bits per heavy atom. The quantitative estimate of drug-likeness (QED) is 0.518. The Morgan fingerprint density at radius 1 is 1.56 bits per heavy atom. The molecule has 0 heterocycles. The molecular weight excluding hydrogens is 137 g/mol. The highest BCUT2D eigenvalue weighted by Gasteiger charge is 2.17. The Bertz CT molecular complexity index is 79.4. The SMILES string of the molecule is CCC(C)C(N)P(O)O. The van der Waals surface area contributed by atoms with Crippen LogP contribution in [0.5, 0.6) is 0 Å². The van der Waals surface area contributed by atoms with Gasteiger partial charge in [-0.1, -0.05) is 20.3 Å². The van der Waals surface area contributed by atoms with Gasteiger partial charge in [0.25, 0.3) is 0 Å². The molecule has 4 heteroatoms. The van der Waals surface area contributed by atoms with Crippen LogP contribution in [0.25, 0.3) is 0 Å². The molecule has 0 aliphatic carbocycles. The van der Waals surface area contributed by atoms with Crippen LogP contribution in [0.3, 0.4) is 0 Å². The normalized spacial score (nSPS) is 18.0. The van der Waals surface area contributed by atoms with Gasteiger partial charge in [0.1, 0.15) is 0 Å². The third-order valence-electron chi connectivity index (χ3n) is 1.49. The van der Waals surface area contributed by atoms with Crippen molar-refractivity contribution in [1.29, 1.82) is 0 Å². The molecule has 0 aromatic rings. The minimum absolute atomic E-state index is 0.200. The van der Waals surface area contributed by atoms with Crippen molar-refractivity contribution in [3.8, 4) is 0 Å². The van der Waals surface area contributed by atoms with Crippen LogP contribution in [0, 0.1) is 5.92 Å². The standard InChI is InChI=1S/C5H14NO2P/c1-3-4(2)5(6)9(7)8/h4-5,7-8H,3,6H2,1-2H3. The topological polar surface area (TPSA) is 66.5 Å². The molecule has 4 N–H and O–H groups in total. The molecule has 0 aliphatic rings. The smallest absolute Gasteiger partial charge is 0.183 e. The van der Waals surface area contributed by atoms with Crippen molar-refractivity contribution in [2.75, 3.05) is 0 Å². The summed E-state index contributed by atoms with van der Waals surface area (Å²) in [7, 11) is -1.93. The largest absolute Gasteiger partial charge is 0.349 e. The van der Waals surface area contributed by atoms with Crippen molar-refractivity contribution in [3.63, 3.8) is 0 Å². The van der Waals surface area contributed by atoms with Crippen LogP contribution in [-0.2, 0) is 0 Å². The molecule has 0 amide bonds. The van der Waals surface area contributed by atoms with E-state index in [1.807, 2.05) is 13.8 Å². The highest BCUT2D eigenvalue weighted by atomic mass is 31.2. The molecule has 9 heavy (non-hydrogen) atoms. The fourth-order valence-electron chi connectivity index (χ4n) is 0.469. The summed E-state index contributed by atoms with van der Waals surface area (Å²) in [5, 5.41) is 0. The molecule has 3 nitrogen and oxygen atoms in total. The van der Waals surface area contributed by atoms with E-state index in [4.69, 9.17) is 15.5 Å². The minimum Gasteiger partial charge on any atom is -0.349 e. The monoisotopic (exact) mass is 151 g/mol. The van der Waals surface area contributed by atoms with Crippen LogP contribution >= 0.6 is 8.38 Å². The highest BCUT2D eigenvalue weighted by molar-refractivity contribution is 7.45. The van der Waals surface area contributed by atoms with Gasteiger partial charge in [0.05, 0.1) is 5.78 Å². The first kappa shape index (κ1) is 9.31. The van der Waals surface area contributed by atoms with Crippen molar-refractivity contribution in [1.82, 2.24) is 0 Å². The Labute approximate surface area is 56.8 Å². The molecule has 0 radical (unpaired) electrons. The van der Waals surface area contributed by atoms with Gasteiger partial charge in [-0.2, -0.15) is 0 Å². The molecule has 2 unspecified atom stereocenters. The molecule has 0 saturated heterocycles. The van der Waals surface area contributed by atoms with E-state index < -0.39 is 14.2 Å². The molecule has 0 saturated carbocycles. The van der Waals surface area contributed by atoms with E-state index in [1.54, 1.807) is 0 Å². The molecule has 0 rings (SSSR count). The predicted octanol–water partition coefficient (Wildman–Crippen LogP) is 0.614. The van der Waals surface area contributed by atoms with E-state index in [2.05, 4.69) is 0 Å². The molecule has 0 aromatic carbocycles. The zero-order valence-corrected chi connectivity index (χ0v) is 6.68. The first-order valence-electron chi connectivity index (χ1n) is 3.02. The van der Waals surface area contributed by atoms with E-state index in [1.165, 1.54) is 0 Å². The Hall–Kier alpha value is 0.310. The van der Waals surface area contributed by atoms with Crippen LogP contribution in [0.15, 0.2) is 0 Å². The van der Waals surface area contributed by atoms with Crippen molar-refractivity contribution >= 4 is 8.38 Å². The van der Waals surface area contributed by atoms with Gasteiger partial charge in [-0.15, -0.1) is 0 Å². The summed E-state index contributed by atoms with van der Waals surface area (Å²) < 4.78 is 0. The maximum Gasteiger partial charge on any atom is 0.183 e. The van der Waals surface area contributed by atoms with Crippen molar-refractivity contribution < 1.29 is 9.79 Å². The molecule has 0 aromatic heterocycles. The van der Waals surface area contributed by atoms with Crippen molar-refractivity contribution in [2.45, 2.75) is 26.1 Å². The van der Waals surface area contributed by atoms with E-state index in [-0.39, 0.29) is 5.92 Å². The van der Waals surface area contributed by atoms with Crippen molar-refractivity contribution in [2.24, 2.45) is 11.7 Å². The third-order valence-corrected chi connectivity index (χ3v) is 2.54.